The van der Waals surface area contributed by atoms with Gasteiger partial charge in [0.2, 0.25) is 5.95 Å². The van der Waals surface area contributed by atoms with Crippen LogP contribution >= 0.6 is 0 Å². The molecule has 2 aromatic heterocycles. The van der Waals surface area contributed by atoms with Crippen molar-refractivity contribution >= 4 is 49.6 Å². The zero-order valence-corrected chi connectivity index (χ0v) is 18.4. The molecule has 2 aromatic carbocycles. The molecule has 3 N–H and O–H groups in total. The lowest BCUT2D eigenvalue weighted by atomic mass is 10.2. The van der Waals surface area contributed by atoms with E-state index >= 15 is 0 Å². The molecule has 1 saturated heterocycles. The minimum Gasteiger partial charge on any atom is -0.369 e. The molecule has 0 atom stereocenters. The second-order valence-electron chi connectivity index (χ2n) is 7.83. The van der Waals surface area contributed by atoms with Gasteiger partial charge in [-0.05, 0) is 49.4 Å². The summed E-state index contributed by atoms with van der Waals surface area (Å²) in [5.41, 5.74) is 4.64. The highest BCUT2D eigenvalue weighted by atomic mass is 32.2. The fraction of sp³-hybridized carbons (Fsp3) is 0.227. The van der Waals surface area contributed by atoms with Gasteiger partial charge in [0, 0.05) is 47.3 Å². The molecule has 10 heteroatoms. The van der Waals surface area contributed by atoms with E-state index in [4.69, 9.17) is 0 Å². The lowest BCUT2D eigenvalue weighted by Crippen LogP contribution is -2.40. The first-order valence-corrected chi connectivity index (χ1v) is 12.1. The van der Waals surface area contributed by atoms with Crippen molar-refractivity contribution in [1.82, 2.24) is 20.2 Å². The van der Waals surface area contributed by atoms with Crippen LogP contribution in [0.4, 0.5) is 28.8 Å². The second-order valence-corrected chi connectivity index (χ2v) is 10.1. The first-order valence-electron chi connectivity index (χ1n) is 10.3. The van der Waals surface area contributed by atoms with E-state index in [1.165, 1.54) is 0 Å². The fourth-order valence-corrected chi connectivity index (χ4v) is 4.84. The van der Waals surface area contributed by atoms with Crippen LogP contribution in [0.25, 0.3) is 10.9 Å². The number of aromatic nitrogens is 4. The Morgan fingerprint density at radius 1 is 0.969 bits per heavy atom. The maximum atomic E-state index is 11.6. The average Bonchev–Trinajstić information content (AvgIpc) is 3.25. The van der Waals surface area contributed by atoms with E-state index in [1.807, 2.05) is 49.4 Å². The summed E-state index contributed by atoms with van der Waals surface area (Å²) in [5, 5.41) is 14.6. The molecule has 9 nitrogen and oxygen atoms in total. The highest BCUT2D eigenvalue weighted by Crippen LogP contribution is 2.25. The number of hydrogen-bond acceptors (Lipinski definition) is 8. The Morgan fingerprint density at radius 2 is 1.72 bits per heavy atom. The van der Waals surface area contributed by atoms with Crippen molar-refractivity contribution in [3.05, 3.63) is 60.4 Å². The highest BCUT2D eigenvalue weighted by molar-refractivity contribution is 7.91. The first kappa shape index (κ1) is 20.3. The Labute approximate surface area is 185 Å². The zero-order chi connectivity index (χ0) is 22.1. The molecule has 0 saturated carbocycles. The Balaban J connectivity index is 1.29. The van der Waals surface area contributed by atoms with E-state index in [0.717, 1.165) is 33.5 Å². The van der Waals surface area contributed by atoms with Crippen LogP contribution in [0.15, 0.2) is 54.9 Å². The smallest absolute Gasteiger partial charge is 0.229 e. The molecule has 164 valence electrons. The van der Waals surface area contributed by atoms with E-state index in [0.29, 0.717) is 24.9 Å². The minimum atomic E-state index is -2.89. The van der Waals surface area contributed by atoms with Crippen molar-refractivity contribution < 1.29 is 8.42 Å². The summed E-state index contributed by atoms with van der Waals surface area (Å²) in [4.78, 5) is 11.1. The minimum absolute atomic E-state index is 0.202. The third-order valence-corrected chi connectivity index (χ3v) is 7.12. The van der Waals surface area contributed by atoms with Crippen molar-refractivity contribution in [3.8, 4) is 0 Å². The number of hydrogen-bond donors (Lipinski definition) is 3. The SMILES string of the molecule is Cc1cnc(Nc2ccc(N3CCS(=O)(=O)CC3)cc2)nc1Nc1ccc2cn[nH]c2c1. The monoisotopic (exact) mass is 449 g/mol. The van der Waals surface area contributed by atoms with Crippen LogP contribution in [-0.4, -0.2) is 53.2 Å². The number of sulfone groups is 1. The van der Waals surface area contributed by atoms with Crippen LogP contribution in [0.5, 0.6) is 0 Å². The van der Waals surface area contributed by atoms with Gasteiger partial charge in [-0.15, -0.1) is 0 Å². The van der Waals surface area contributed by atoms with Gasteiger partial charge in [0.25, 0.3) is 0 Å². The van der Waals surface area contributed by atoms with E-state index in [1.54, 1.807) is 12.4 Å². The summed E-state index contributed by atoms with van der Waals surface area (Å²) in [7, 11) is -2.89. The topological polar surface area (TPSA) is 116 Å². The van der Waals surface area contributed by atoms with Gasteiger partial charge in [-0.3, -0.25) is 5.10 Å². The predicted octanol–water partition coefficient (Wildman–Crippen LogP) is 3.38. The van der Waals surface area contributed by atoms with E-state index in [9.17, 15) is 8.42 Å². The molecule has 0 amide bonds. The molecule has 5 rings (SSSR count). The number of H-pyrrole nitrogens is 1. The summed E-state index contributed by atoms with van der Waals surface area (Å²) in [6.07, 6.45) is 3.56. The molecular formula is C22H23N7O2S. The van der Waals surface area contributed by atoms with Crippen LogP contribution in [0.3, 0.4) is 0 Å². The summed E-state index contributed by atoms with van der Waals surface area (Å²) in [6.45, 7) is 3.00. The summed E-state index contributed by atoms with van der Waals surface area (Å²) in [6, 6.07) is 13.8. The molecule has 1 aliphatic heterocycles. The van der Waals surface area contributed by atoms with Crippen LogP contribution in [0, 0.1) is 6.92 Å². The van der Waals surface area contributed by atoms with Crippen LogP contribution < -0.4 is 15.5 Å². The highest BCUT2D eigenvalue weighted by Gasteiger charge is 2.21. The van der Waals surface area contributed by atoms with E-state index in [-0.39, 0.29) is 11.5 Å². The van der Waals surface area contributed by atoms with Crippen LogP contribution in [0.1, 0.15) is 5.56 Å². The average molecular weight is 450 g/mol. The van der Waals surface area contributed by atoms with Gasteiger partial charge in [-0.2, -0.15) is 10.1 Å². The Bertz CT molecular complexity index is 1350. The van der Waals surface area contributed by atoms with Crippen molar-refractivity contribution in [2.75, 3.05) is 40.1 Å². The molecule has 0 aliphatic carbocycles. The van der Waals surface area contributed by atoms with Gasteiger partial charge in [0.05, 0.1) is 23.2 Å². The van der Waals surface area contributed by atoms with Crippen molar-refractivity contribution in [1.29, 1.82) is 0 Å². The van der Waals surface area contributed by atoms with Crippen molar-refractivity contribution in [3.63, 3.8) is 0 Å². The van der Waals surface area contributed by atoms with Gasteiger partial charge in [-0.1, -0.05) is 0 Å². The summed E-state index contributed by atoms with van der Waals surface area (Å²) in [5.74, 6) is 1.60. The predicted molar refractivity (Wildman–Crippen MR) is 127 cm³/mol. The van der Waals surface area contributed by atoms with Crippen LogP contribution in [-0.2, 0) is 9.84 Å². The van der Waals surface area contributed by atoms with Gasteiger partial charge < -0.3 is 15.5 Å². The number of nitrogens with zero attached hydrogens (tertiary/aromatic N) is 4. The summed E-state index contributed by atoms with van der Waals surface area (Å²) < 4.78 is 23.3. The molecular weight excluding hydrogens is 426 g/mol. The van der Waals surface area contributed by atoms with Crippen LogP contribution in [0.2, 0.25) is 0 Å². The Morgan fingerprint density at radius 3 is 2.50 bits per heavy atom. The molecule has 0 unspecified atom stereocenters. The largest absolute Gasteiger partial charge is 0.369 e. The zero-order valence-electron chi connectivity index (χ0n) is 17.5. The van der Waals surface area contributed by atoms with Gasteiger partial charge in [0.1, 0.15) is 5.82 Å². The van der Waals surface area contributed by atoms with Gasteiger partial charge >= 0.3 is 0 Å². The van der Waals surface area contributed by atoms with E-state index in [2.05, 4.69) is 35.7 Å². The second kappa shape index (κ2) is 8.12. The molecule has 0 radical (unpaired) electrons. The number of fused-ring (bicyclic) bond motifs is 1. The fourth-order valence-electron chi connectivity index (χ4n) is 3.64. The van der Waals surface area contributed by atoms with Crippen molar-refractivity contribution in [2.24, 2.45) is 0 Å². The van der Waals surface area contributed by atoms with Gasteiger partial charge in [-0.25, -0.2) is 13.4 Å². The molecule has 4 aromatic rings. The normalized spacial score (nSPS) is 15.6. The molecule has 0 bridgehead atoms. The number of nitrogens with one attached hydrogen (secondary N) is 3. The molecule has 1 fully saturated rings. The summed E-state index contributed by atoms with van der Waals surface area (Å²) >= 11 is 0. The third-order valence-electron chi connectivity index (χ3n) is 5.51. The Kier molecular flexibility index (Phi) is 5.14. The number of aryl methyl sites for hydroxylation is 1. The lowest BCUT2D eigenvalue weighted by Gasteiger charge is -2.28. The maximum Gasteiger partial charge on any atom is 0.229 e. The molecule has 32 heavy (non-hydrogen) atoms. The molecule has 0 spiro atoms. The third kappa shape index (κ3) is 4.35. The molecule has 3 heterocycles. The number of anilines is 5. The Hall–Kier alpha value is -3.66. The number of aromatic amines is 1. The quantitative estimate of drug-likeness (QED) is 0.425. The first-order chi connectivity index (χ1) is 15.4. The maximum absolute atomic E-state index is 11.6. The lowest BCUT2D eigenvalue weighted by molar-refractivity contribution is 0.587. The van der Waals surface area contributed by atoms with Crippen molar-refractivity contribution in [2.45, 2.75) is 6.92 Å². The number of benzene rings is 2. The standard InChI is InChI=1S/C22H23N7O2S/c1-15-13-23-22(27-21(15)25-18-3-2-16-14-24-28-20(16)12-18)26-17-4-6-19(7-5-17)29-8-10-32(30,31)11-9-29/h2-7,12-14H,8-11H2,1H3,(H,24,28)(H2,23,25,26,27). The number of rotatable bonds is 5. The molecule has 1 aliphatic rings. The van der Waals surface area contributed by atoms with Gasteiger partial charge in [0.15, 0.2) is 9.84 Å². The van der Waals surface area contributed by atoms with E-state index < -0.39 is 9.84 Å².